The van der Waals surface area contributed by atoms with Crippen LogP contribution in [0, 0.1) is 0 Å². The van der Waals surface area contributed by atoms with Crippen LogP contribution in [0.4, 0.5) is 0 Å². The third kappa shape index (κ3) is 3.94. The Labute approximate surface area is 123 Å². The summed E-state index contributed by atoms with van der Waals surface area (Å²) in [5, 5.41) is 10.5. The van der Waals surface area contributed by atoms with Crippen molar-refractivity contribution >= 4 is 15.9 Å². The van der Waals surface area contributed by atoms with Crippen LogP contribution in [-0.4, -0.2) is 17.3 Å². The summed E-state index contributed by atoms with van der Waals surface area (Å²) in [6.45, 7) is 2.29. The first kappa shape index (κ1) is 14.8. The van der Waals surface area contributed by atoms with E-state index in [1.165, 1.54) is 6.42 Å². The van der Waals surface area contributed by atoms with Crippen molar-refractivity contribution in [3.05, 3.63) is 28.2 Å². The zero-order chi connectivity index (χ0) is 13.9. The van der Waals surface area contributed by atoms with Crippen LogP contribution in [0.2, 0.25) is 0 Å². The van der Waals surface area contributed by atoms with Gasteiger partial charge in [-0.15, -0.1) is 0 Å². The quantitative estimate of drug-likeness (QED) is 0.889. The van der Waals surface area contributed by atoms with E-state index in [4.69, 9.17) is 10.5 Å². The molecule has 0 saturated heterocycles. The molecule has 0 radical (unpaired) electrons. The molecule has 1 aromatic carbocycles. The summed E-state index contributed by atoms with van der Waals surface area (Å²) >= 11 is 3.44. The molecule has 1 fully saturated rings. The predicted molar refractivity (Wildman–Crippen MR) is 80.3 cm³/mol. The lowest BCUT2D eigenvalue weighted by atomic mass is 9.85. The van der Waals surface area contributed by atoms with Crippen LogP contribution < -0.4 is 10.5 Å². The number of hydrogen-bond acceptors (Lipinski definition) is 3. The maximum Gasteiger partial charge on any atom is 0.124 e. The van der Waals surface area contributed by atoms with Gasteiger partial charge in [0.1, 0.15) is 12.4 Å². The van der Waals surface area contributed by atoms with Gasteiger partial charge in [-0.3, -0.25) is 0 Å². The molecule has 1 aromatic rings. The lowest BCUT2D eigenvalue weighted by Gasteiger charge is -2.32. The number of rotatable bonds is 4. The van der Waals surface area contributed by atoms with E-state index in [1.54, 1.807) is 0 Å². The zero-order valence-electron chi connectivity index (χ0n) is 11.4. The molecule has 0 unspecified atom stereocenters. The van der Waals surface area contributed by atoms with Gasteiger partial charge in [-0.2, -0.15) is 0 Å². The minimum Gasteiger partial charge on any atom is -0.490 e. The van der Waals surface area contributed by atoms with Gasteiger partial charge in [0, 0.05) is 16.1 Å². The van der Waals surface area contributed by atoms with E-state index in [2.05, 4.69) is 15.9 Å². The second kappa shape index (κ2) is 6.25. The maximum atomic E-state index is 10.5. The van der Waals surface area contributed by atoms with Crippen molar-refractivity contribution in [1.29, 1.82) is 0 Å². The van der Waals surface area contributed by atoms with Gasteiger partial charge >= 0.3 is 0 Å². The van der Waals surface area contributed by atoms with E-state index in [0.717, 1.165) is 41.5 Å². The highest BCUT2D eigenvalue weighted by Gasteiger charge is 2.30. The van der Waals surface area contributed by atoms with E-state index >= 15 is 0 Å². The van der Waals surface area contributed by atoms with Crippen LogP contribution in [0.3, 0.4) is 0 Å². The van der Waals surface area contributed by atoms with Crippen molar-refractivity contribution in [1.82, 2.24) is 0 Å². The average Bonchev–Trinajstić information content (AvgIpc) is 2.38. The highest BCUT2D eigenvalue weighted by atomic mass is 79.9. The van der Waals surface area contributed by atoms with Crippen molar-refractivity contribution in [2.75, 3.05) is 6.61 Å². The normalized spacial score (nSPS) is 20.0. The van der Waals surface area contributed by atoms with Crippen LogP contribution in [0.1, 0.15) is 50.6 Å². The first-order valence-corrected chi connectivity index (χ1v) is 7.70. The predicted octanol–water partition coefficient (Wildman–Crippen LogP) is 3.54. The molecule has 1 saturated carbocycles. The number of halogens is 1. The van der Waals surface area contributed by atoms with Crippen LogP contribution in [0.25, 0.3) is 0 Å². The molecular weight excluding hydrogens is 306 g/mol. The van der Waals surface area contributed by atoms with E-state index in [-0.39, 0.29) is 6.04 Å². The Morgan fingerprint density at radius 2 is 2.05 bits per heavy atom. The topological polar surface area (TPSA) is 55.5 Å². The number of ether oxygens (including phenoxy) is 1. The summed E-state index contributed by atoms with van der Waals surface area (Å²) in [5.41, 5.74) is 6.26. The van der Waals surface area contributed by atoms with E-state index < -0.39 is 5.60 Å². The number of aliphatic hydroxyl groups is 1. The molecule has 0 aromatic heterocycles. The fourth-order valence-corrected chi connectivity index (χ4v) is 2.95. The molecule has 3 N–H and O–H groups in total. The summed E-state index contributed by atoms with van der Waals surface area (Å²) in [7, 11) is 0. The zero-order valence-corrected chi connectivity index (χ0v) is 12.9. The molecule has 0 bridgehead atoms. The van der Waals surface area contributed by atoms with Gasteiger partial charge in [-0.25, -0.2) is 0 Å². The second-order valence-electron chi connectivity index (χ2n) is 5.54. The monoisotopic (exact) mass is 327 g/mol. The van der Waals surface area contributed by atoms with Gasteiger partial charge in [0.2, 0.25) is 0 Å². The minimum absolute atomic E-state index is 0.0894. The molecule has 3 nitrogen and oxygen atoms in total. The molecule has 0 aliphatic heterocycles. The third-order valence-corrected chi connectivity index (χ3v) is 4.24. The van der Waals surface area contributed by atoms with Crippen molar-refractivity contribution in [2.45, 2.75) is 50.7 Å². The standard InChI is InChI=1S/C15H22BrNO2/c1-11(17)13-9-12(16)5-6-14(13)19-10-15(18)7-3-2-4-8-15/h5-6,9,11,18H,2-4,7-8,10,17H2,1H3/t11-/m1/s1. The Morgan fingerprint density at radius 1 is 1.37 bits per heavy atom. The fourth-order valence-electron chi connectivity index (χ4n) is 2.57. The Hall–Kier alpha value is -0.580. The van der Waals surface area contributed by atoms with Crippen LogP contribution in [0.5, 0.6) is 5.75 Å². The lowest BCUT2D eigenvalue weighted by molar-refractivity contribution is -0.0341. The summed E-state index contributed by atoms with van der Waals surface area (Å²) in [4.78, 5) is 0. The Morgan fingerprint density at radius 3 is 2.68 bits per heavy atom. The molecule has 0 amide bonds. The van der Waals surface area contributed by atoms with Crippen molar-refractivity contribution in [2.24, 2.45) is 5.73 Å². The maximum absolute atomic E-state index is 10.5. The summed E-state index contributed by atoms with van der Waals surface area (Å²) in [6, 6.07) is 5.74. The van der Waals surface area contributed by atoms with E-state index in [0.29, 0.717) is 6.61 Å². The summed E-state index contributed by atoms with van der Waals surface area (Å²) in [5.74, 6) is 0.775. The molecule has 0 heterocycles. The number of hydrogen-bond donors (Lipinski definition) is 2. The van der Waals surface area contributed by atoms with Gasteiger partial charge in [0.05, 0.1) is 5.60 Å². The van der Waals surface area contributed by atoms with Crippen LogP contribution in [0.15, 0.2) is 22.7 Å². The fraction of sp³-hybridized carbons (Fsp3) is 0.600. The first-order valence-electron chi connectivity index (χ1n) is 6.90. The molecule has 1 atom stereocenters. The van der Waals surface area contributed by atoms with Crippen LogP contribution in [-0.2, 0) is 0 Å². The highest BCUT2D eigenvalue weighted by molar-refractivity contribution is 9.10. The molecule has 2 rings (SSSR count). The van der Waals surface area contributed by atoms with Gasteiger partial charge in [-0.1, -0.05) is 35.2 Å². The molecular formula is C15H22BrNO2. The Balaban J connectivity index is 2.06. The summed E-state index contributed by atoms with van der Waals surface area (Å²) in [6.07, 6.45) is 5.04. The smallest absolute Gasteiger partial charge is 0.124 e. The van der Waals surface area contributed by atoms with Gasteiger partial charge in [0.15, 0.2) is 0 Å². The molecule has 4 heteroatoms. The van der Waals surface area contributed by atoms with Gasteiger partial charge in [-0.05, 0) is 38.0 Å². The third-order valence-electron chi connectivity index (χ3n) is 3.74. The van der Waals surface area contributed by atoms with Crippen LogP contribution >= 0.6 is 15.9 Å². The van der Waals surface area contributed by atoms with Gasteiger partial charge < -0.3 is 15.6 Å². The summed E-state index contributed by atoms with van der Waals surface area (Å²) < 4.78 is 6.83. The number of benzene rings is 1. The molecule has 19 heavy (non-hydrogen) atoms. The molecule has 1 aliphatic carbocycles. The Bertz CT molecular complexity index is 428. The van der Waals surface area contributed by atoms with Crippen molar-refractivity contribution in [3.63, 3.8) is 0 Å². The van der Waals surface area contributed by atoms with E-state index in [1.807, 2.05) is 25.1 Å². The van der Waals surface area contributed by atoms with Crippen molar-refractivity contribution < 1.29 is 9.84 Å². The molecule has 1 aliphatic rings. The SMILES string of the molecule is C[C@@H](N)c1cc(Br)ccc1OCC1(O)CCCCC1. The second-order valence-corrected chi connectivity index (χ2v) is 6.46. The van der Waals surface area contributed by atoms with Gasteiger partial charge in [0.25, 0.3) is 0 Å². The average molecular weight is 328 g/mol. The Kier molecular flexibility index (Phi) is 4.87. The molecule has 0 spiro atoms. The van der Waals surface area contributed by atoms with Crippen molar-refractivity contribution in [3.8, 4) is 5.75 Å². The first-order chi connectivity index (χ1) is 9.00. The lowest BCUT2D eigenvalue weighted by Crippen LogP contribution is -2.38. The minimum atomic E-state index is -0.666. The molecule has 106 valence electrons. The largest absolute Gasteiger partial charge is 0.490 e. The highest BCUT2D eigenvalue weighted by Crippen LogP contribution is 2.31. The number of nitrogens with two attached hydrogens (primary N) is 1. The van der Waals surface area contributed by atoms with E-state index in [9.17, 15) is 5.11 Å².